The molecule has 0 saturated carbocycles. The van der Waals surface area contributed by atoms with Gasteiger partial charge in [-0.1, -0.05) is 43.8 Å². The molecule has 0 aliphatic carbocycles. The molecule has 2 aliphatic heterocycles. The molecule has 8 heteroatoms. The van der Waals surface area contributed by atoms with E-state index in [-0.39, 0.29) is 34.6 Å². The van der Waals surface area contributed by atoms with Crippen molar-refractivity contribution in [3.05, 3.63) is 29.8 Å². The number of amidine groups is 1. The Morgan fingerprint density at radius 1 is 1.36 bits per heavy atom. The average molecular weight is 383 g/mol. The van der Waals surface area contributed by atoms with E-state index in [0.717, 1.165) is 11.3 Å². The van der Waals surface area contributed by atoms with Gasteiger partial charge in [0.15, 0.2) is 15.0 Å². The van der Waals surface area contributed by atoms with Crippen LogP contribution in [-0.4, -0.2) is 54.3 Å². The minimum Gasteiger partial charge on any atom is -0.496 e. The van der Waals surface area contributed by atoms with Crippen molar-refractivity contribution in [3.8, 4) is 5.75 Å². The molecule has 136 valence electrons. The molecular weight excluding hydrogens is 360 g/mol. The average Bonchev–Trinajstić information content (AvgIpc) is 3.00. The molecule has 0 bridgehead atoms. The van der Waals surface area contributed by atoms with Crippen LogP contribution < -0.4 is 4.74 Å². The third-order valence-electron chi connectivity index (χ3n) is 4.41. The molecule has 0 N–H and O–H groups in total. The Hall–Kier alpha value is -1.54. The molecule has 0 radical (unpaired) electrons. The van der Waals surface area contributed by atoms with E-state index >= 15 is 0 Å². The van der Waals surface area contributed by atoms with E-state index in [2.05, 4.69) is 4.99 Å². The Kier molecular flexibility index (Phi) is 5.11. The Morgan fingerprint density at radius 2 is 2.08 bits per heavy atom. The number of sulfone groups is 1. The van der Waals surface area contributed by atoms with E-state index in [9.17, 15) is 13.2 Å². The number of ether oxygens (including phenoxy) is 1. The summed E-state index contributed by atoms with van der Waals surface area (Å²) in [6, 6.07) is 7.47. The number of rotatable bonds is 4. The molecular formula is C17H22N2O4S2. The minimum absolute atomic E-state index is 0.0709. The van der Waals surface area contributed by atoms with Crippen molar-refractivity contribution in [2.75, 3.05) is 18.6 Å². The topological polar surface area (TPSA) is 76.0 Å². The van der Waals surface area contributed by atoms with Gasteiger partial charge in [0.2, 0.25) is 0 Å². The van der Waals surface area contributed by atoms with Crippen LogP contribution in [0.15, 0.2) is 29.3 Å². The first kappa shape index (κ1) is 18.3. The number of thioether (sulfide) groups is 1. The molecule has 25 heavy (non-hydrogen) atoms. The maximum Gasteiger partial charge on any atom is 0.250 e. The van der Waals surface area contributed by atoms with Crippen molar-refractivity contribution < 1.29 is 17.9 Å². The van der Waals surface area contributed by atoms with Crippen LogP contribution >= 0.6 is 11.8 Å². The van der Waals surface area contributed by atoms with Gasteiger partial charge < -0.3 is 9.64 Å². The van der Waals surface area contributed by atoms with Crippen LogP contribution in [0.5, 0.6) is 5.75 Å². The molecule has 1 amide bonds. The number of carbonyl (C=O) groups excluding carboxylic acids is 1. The maximum absolute atomic E-state index is 12.1. The number of para-hydroxylation sites is 1. The summed E-state index contributed by atoms with van der Waals surface area (Å²) in [5.41, 5.74) is 0.945. The lowest BCUT2D eigenvalue weighted by molar-refractivity contribution is -0.120. The number of hydrogen-bond acceptors (Lipinski definition) is 5. The van der Waals surface area contributed by atoms with Crippen LogP contribution in [0.3, 0.4) is 0 Å². The lowest BCUT2D eigenvalue weighted by Crippen LogP contribution is -2.37. The second-order valence-corrected chi connectivity index (χ2v) is 9.99. The van der Waals surface area contributed by atoms with Crippen molar-refractivity contribution in [2.45, 2.75) is 31.7 Å². The van der Waals surface area contributed by atoms with Crippen molar-refractivity contribution in [3.63, 3.8) is 0 Å². The molecule has 1 aromatic carbocycles. The van der Waals surface area contributed by atoms with Gasteiger partial charge in [0.1, 0.15) is 5.75 Å². The zero-order valence-electron chi connectivity index (χ0n) is 14.5. The standard InChI is InChI=1S/C17H22N2O4S2/c1-11(2)16(20)18-17-19(8-12-6-4-5-7-14(12)23-3)13-9-25(21,22)10-15(13)24-17/h4-7,11,13,15H,8-10H2,1-3H3/t13-,15+/m1/s1. The summed E-state index contributed by atoms with van der Waals surface area (Å²) in [6.45, 7) is 4.08. The molecule has 3 rings (SSSR count). The normalized spacial score (nSPS) is 26.2. The summed E-state index contributed by atoms with van der Waals surface area (Å²) < 4.78 is 29.5. The highest BCUT2D eigenvalue weighted by atomic mass is 32.2. The van der Waals surface area contributed by atoms with Crippen molar-refractivity contribution in [2.24, 2.45) is 10.9 Å². The van der Waals surface area contributed by atoms with E-state index in [0.29, 0.717) is 11.7 Å². The fraction of sp³-hybridized carbons (Fsp3) is 0.529. The predicted molar refractivity (Wildman–Crippen MR) is 99.6 cm³/mol. The number of hydrogen-bond donors (Lipinski definition) is 0. The number of nitrogens with zero attached hydrogens (tertiary/aromatic N) is 2. The van der Waals surface area contributed by atoms with Crippen LogP contribution in [0, 0.1) is 5.92 Å². The highest BCUT2D eigenvalue weighted by molar-refractivity contribution is 8.15. The first-order chi connectivity index (χ1) is 11.8. The van der Waals surface area contributed by atoms with E-state index in [1.54, 1.807) is 7.11 Å². The summed E-state index contributed by atoms with van der Waals surface area (Å²) in [5, 5.41) is 0.549. The number of aliphatic imine (C=N–C) groups is 1. The van der Waals surface area contributed by atoms with Gasteiger partial charge >= 0.3 is 0 Å². The van der Waals surface area contributed by atoms with Gasteiger partial charge in [0.25, 0.3) is 5.91 Å². The van der Waals surface area contributed by atoms with Gasteiger partial charge in [-0.25, -0.2) is 8.42 Å². The third kappa shape index (κ3) is 3.84. The van der Waals surface area contributed by atoms with Gasteiger partial charge in [-0.15, -0.1) is 0 Å². The van der Waals surface area contributed by atoms with E-state index in [1.165, 1.54) is 11.8 Å². The van der Waals surface area contributed by atoms with Gasteiger partial charge in [-0.05, 0) is 6.07 Å². The zero-order valence-corrected chi connectivity index (χ0v) is 16.1. The predicted octanol–water partition coefficient (Wildman–Crippen LogP) is 1.95. The minimum atomic E-state index is -3.05. The molecule has 0 unspecified atom stereocenters. The SMILES string of the molecule is COc1ccccc1CN1C(=NC(=O)C(C)C)S[C@H]2CS(=O)(=O)C[C@H]21. The van der Waals surface area contributed by atoms with Crippen LogP contribution in [-0.2, 0) is 21.2 Å². The second kappa shape index (κ2) is 6.99. The summed E-state index contributed by atoms with van der Waals surface area (Å²) in [4.78, 5) is 18.3. The summed E-state index contributed by atoms with van der Waals surface area (Å²) >= 11 is 1.41. The molecule has 2 saturated heterocycles. The molecule has 0 spiro atoms. The maximum atomic E-state index is 12.1. The molecule has 6 nitrogen and oxygen atoms in total. The van der Waals surface area contributed by atoms with Crippen molar-refractivity contribution >= 4 is 32.7 Å². The first-order valence-electron chi connectivity index (χ1n) is 8.19. The van der Waals surface area contributed by atoms with Crippen molar-refractivity contribution in [1.29, 1.82) is 0 Å². The molecule has 2 heterocycles. The summed E-state index contributed by atoms with van der Waals surface area (Å²) in [5.74, 6) is 0.612. The fourth-order valence-electron chi connectivity index (χ4n) is 3.06. The summed E-state index contributed by atoms with van der Waals surface area (Å²) in [6.07, 6.45) is 0. The summed E-state index contributed by atoms with van der Waals surface area (Å²) in [7, 11) is -1.44. The van der Waals surface area contributed by atoms with Crippen LogP contribution in [0.2, 0.25) is 0 Å². The second-order valence-electron chi connectivity index (χ2n) is 6.63. The molecule has 2 aliphatic rings. The third-order valence-corrected chi connectivity index (χ3v) is 7.66. The quantitative estimate of drug-likeness (QED) is 0.792. The monoisotopic (exact) mass is 382 g/mol. The van der Waals surface area contributed by atoms with Crippen LogP contribution in [0.25, 0.3) is 0 Å². The number of amides is 1. The number of methoxy groups -OCH3 is 1. The Bertz CT molecular complexity index is 805. The van der Waals surface area contributed by atoms with Gasteiger partial charge in [0.05, 0.1) is 24.7 Å². The molecule has 1 aromatic rings. The van der Waals surface area contributed by atoms with Crippen LogP contribution in [0.1, 0.15) is 19.4 Å². The van der Waals surface area contributed by atoms with Gasteiger partial charge in [0, 0.05) is 23.3 Å². The highest BCUT2D eigenvalue weighted by Gasteiger charge is 2.48. The number of fused-ring (bicyclic) bond motifs is 1. The largest absolute Gasteiger partial charge is 0.496 e. The van der Waals surface area contributed by atoms with E-state index < -0.39 is 9.84 Å². The first-order valence-corrected chi connectivity index (χ1v) is 10.9. The lowest BCUT2D eigenvalue weighted by Gasteiger charge is -2.25. The van der Waals surface area contributed by atoms with Gasteiger partial charge in [-0.3, -0.25) is 4.79 Å². The Morgan fingerprint density at radius 3 is 2.76 bits per heavy atom. The van der Waals surface area contributed by atoms with Crippen LogP contribution in [0.4, 0.5) is 0 Å². The fourth-order valence-corrected chi connectivity index (χ4v) is 7.02. The van der Waals surface area contributed by atoms with Gasteiger partial charge in [-0.2, -0.15) is 4.99 Å². The zero-order chi connectivity index (χ0) is 18.2. The van der Waals surface area contributed by atoms with E-state index in [4.69, 9.17) is 4.74 Å². The molecule has 2 fully saturated rings. The van der Waals surface area contributed by atoms with Crippen molar-refractivity contribution in [1.82, 2.24) is 4.90 Å². The Balaban J connectivity index is 1.93. The van der Waals surface area contributed by atoms with E-state index in [1.807, 2.05) is 43.0 Å². The lowest BCUT2D eigenvalue weighted by atomic mass is 10.1. The molecule has 2 atom stereocenters. The smallest absolute Gasteiger partial charge is 0.250 e. The number of carbonyl (C=O) groups is 1. The molecule has 0 aromatic heterocycles. The number of benzene rings is 1. The highest BCUT2D eigenvalue weighted by Crippen LogP contribution is 2.39. The Labute approximate surface area is 152 Å².